The van der Waals surface area contributed by atoms with Crippen LogP contribution in [0, 0.1) is 25.2 Å². The number of halogens is 3. The first-order valence-corrected chi connectivity index (χ1v) is 9.56. The summed E-state index contributed by atoms with van der Waals surface area (Å²) in [5.74, 6) is 0. The highest BCUT2D eigenvalue weighted by Crippen LogP contribution is 2.03. The number of hydrogen-bond donors (Lipinski definition) is 2. The molecule has 1 aromatic rings. The molecule has 0 atom stereocenters. The summed E-state index contributed by atoms with van der Waals surface area (Å²) in [4.78, 5) is 0. The number of alkyl halides is 3. The molecular weight excluding hydrogens is 381 g/mol. The third-order valence-corrected chi connectivity index (χ3v) is 2.28. The summed E-state index contributed by atoms with van der Waals surface area (Å²) in [6, 6.07) is 10.2. The van der Waals surface area contributed by atoms with Crippen LogP contribution in [0.15, 0.2) is 24.3 Å². The normalized spacial score (nSPS) is 8.08. The minimum absolute atomic E-state index is 0.125. The van der Waals surface area contributed by atoms with Gasteiger partial charge in [-0.05, 0) is 13.8 Å². The zero-order valence-electron chi connectivity index (χ0n) is 16.1. The topological polar surface area (TPSA) is 64.2 Å². The first-order valence-electron chi connectivity index (χ1n) is 8.25. The summed E-state index contributed by atoms with van der Waals surface area (Å²) in [6.45, 7) is 9.84. The first-order chi connectivity index (χ1) is 11.8. The molecule has 0 aliphatic heterocycles. The van der Waals surface area contributed by atoms with Crippen LogP contribution in [0.1, 0.15) is 57.6 Å². The maximum absolute atomic E-state index is 7.62. The van der Waals surface area contributed by atoms with Gasteiger partial charge >= 0.3 is 0 Å². The maximum atomic E-state index is 7.62. The third kappa shape index (κ3) is 59.6. The molecule has 0 radical (unpaired) electrons. The second-order valence-corrected chi connectivity index (χ2v) is 6.76. The zero-order valence-corrected chi connectivity index (χ0v) is 18.4. The van der Waals surface area contributed by atoms with Gasteiger partial charge in [-0.15, -0.1) is 0 Å². The van der Waals surface area contributed by atoms with E-state index < -0.39 is 4.30 Å². The van der Waals surface area contributed by atoms with E-state index in [2.05, 4.69) is 52.0 Å². The third-order valence-electron chi connectivity index (χ3n) is 2.28. The van der Waals surface area contributed by atoms with Crippen LogP contribution in [0.5, 0.6) is 0 Å². The number of aryl methyl sites for hydroxylation is 2. The number of nitrogens with zero attached hydrogens (tertiary/aromatic N) is 1. The number of hydrogen-bond acceptors (Lipinski definition) is 3. The van der Waals surface area contributed by atoms with Gasteiger partial charge in [0.25, 0.3) is 0 Å². The summed E-state index contributed by atoms with van der Waals surface area (Å²) in [5, 5.41) is 22.6. The van der Waals surface area contributed by atoms with Crippen molar-refractivity contribution in [2.45, 2.75) is 64.6 Å². The molecule has 1 rings (SSSR count). The molecule has 0 bridgehead atoms. The summed E-state index contributed by atoms with van der Waals surface area (Å²) in [5.41, 5.74) is 2.66. The fourth-order valence-electron chi connectivity index (χ4n) is 1.14. The van der Waals surface area contributed by atoms with E-state index in [1.54, 1.807) is 6.07 Å². The Kier molecular flexibility index (Phi) is 40.3. The summed E-state index contributed by atoms with van der Waals surface area (Å²) in [7, 11) is 0. The molecule has 1 aromatic carbocycles. The summed E-state index contributed by atoms with van der Waals surface area (Å²) >= 11 is 14.4. The number of aliphatic hydroxyl groups excluding tert-OH is 2. The Hall–Kier alpha value is -0.500. The number of nitriles is 1. The Morgan fingerprint density at radius 2 is 1.08 bits per heavy atom. The quantitative estimate of drug-likeness (QED) is 0.444. The van der Waals surface area contributed by atoms with Crippen LogP contribution >= 0.6 is 34.8 Å². The average molecular weight is 415 g/mol. The number of rotatable bonds is 4. The predicted octanol–water partition coefficient (Wildman–Crippen LogP) is 6.38. The van der Waals surface area contributed by atoms with Crippen LogP contribution < -0.4 is 0 Å². The molecule has 148 valence electrons. The second kappa shape index (κ2) is 31.3. The number of unbranched alkanes of at least 4 members (excludes halogenated alkanes) is 3. The second-order valence-electron chi connectivity index (χ2n) is 4.78. The van der Waals surface area contributed by atoms with E-state index in [1.807, 2.05) is 0 Å². The van der Waals surface area contributed by atoms with Crippen LogP contribution in [0.2, 0.25) is 0 Å². The van der Waals surface area contributed by atoms with E-state index in [0.717, 1.165) is 0 Å². The van der Waals surface area contributed by atoms with Crippen LogP contribution in [0.3, 0.4) is 0 Å². The lowest BCUT2D eigenvalue weighted by Crippen LogP contribution is -1.85. The van der Waals surface area contributed by atoms with Crippen LogP contribution in [0.25, 0.3) is 0 Å². The van der Waals surface area contributed by atoms with Gasteiger partial charge in [-0.2, -0.15) is 5.26 Å². The molecule has 3 nitrogen and oxygen atoms in total. The van der Waals surface area contributed by atoms with E-state index in [1.165, 1.54) is 43.7 Å². The molecule has 6 heteroatoms. The van der Waals surface area contributed by atoms with Crippen LogP contribution in [-0.2, 0) is 0 Å². The van der Waals surface area contributed by atoms with Gasteiger partial charge in [0.1, 0.15) is 0 Å². The van der Waals surface area contributed by atoms with Crippen molar-refractivity contribution >= 4 is 34.8 Å². The molecule has 0 aliphatic rings. The molecule has 0 heterocycles. The van der Waals surface area contributed by atoms with Crippen molar-refractivity contribution in [1.82, 2.24) is 0 Å². The molecule has 0 unspecified atom stereocenters. The fourth-order valence-corrected chi connectivity index (χ4v) is 1.14. The molecule has 0 fully saturated rings. The minimum atomic E-state index is -0.750. The molecule has 0 spiro atoms. The highest BCUT2D eigenvalue weighted by molar-refractivity contribution is 6.63. The Morgan fingerprint density at radius 1 is 0.880 bits per heavy atom. The van der Waals surface area contributed by atoms with Crippen molar-refractivity contribution in [3.8, 4) is 6.07 Å². The van der Waals surface area contributed by atoms with E-state index in [4.69, 9.17) is 50.3 Å². The monoisotopic (exact) mass is 413 g/mol. The van der Waals surface area contributed by atoms with Gasteiger partial charge in [0.05, 0.1) is 19.3 Å². The average Bonchev–Trinajstić information content (AvgIpc) is 2.56. The standard InChI is InChI=1S/C8H10.C6H14.C2H3N.C2H6O2.CHCl3/c1-7-3-5-8(2)6-4-7;1-3-5-6-4-2;1-2-3;3-1-2-4;2-1(3)4/h3-6H,1-2H3;3-6H2,1-2H3;1H3;3-4H,1-2H2;1H. The molecule has 25 heavy (non-hydrogen) atoms. The van der Waals surface area contributed by atoms with Crippen LogP contribution in [0.4, 0.5) is 0 Å². The van der Waals surface area contributed by atoms with E-state index in [0.29, 0.717) is 0 Å². The van der Waals surface area contributed by atoms with Gasteiger partial charge < -0.3 is 10.2 Å². The van der Waals surface area contributed by atoms with E-state index in [9.17, 15) is 0 Å². The summed E-state index contributed by atoms with van der Waals surface area (Å²) < 4.78 is -0.750. The van der Waals surface area contributed by atoms with Gasteiger partial charge in [0, 0.05) is 6.92 Å². The van der Waals surface area contributed by atoms with Gasteiger partial charge in [0.2, 0.25) is 0 Å². The predicted molar refractivity (Wildman–Crippen MR) is 113 cm³/mol. The Morgan fingerprint density at radius 3 is 1.20 bits per heavy atom. The lowest BCUT2D eigenvalue weighted by Gasteiger charge is -1.90. The van der Waals surface area contributed by atoms with Gasteiger partial charge in [-0.25, -0.2) is 0 Å². The van der Waals surface area contributed by atoms with Crippen molar-refractivity contribution < 1.29 is 10.2 Å². The maximum Gasteiger partial charge on any atom is 0.180 e. The molecule has 0 aromatic heterocycles. The number of aliphatic hydroxyl groups is 2. The largest absolute Gasteiger partial charge is 0.394 e. The molecule has 0 amide bonds. The van der Waals surface area contributed by atoms with Gasteiger partial charge in [-0.1, -0.05) is 110 Å². The SMILES string of the molecule is CC#N.CCCCCC.Cc1ccc(C)cc1.ClC(Cl)Cl.OCCO. The van der Waals surface area contributed by atoms with Gasteiger partial charge in [-0.3, -0.25) is 0 Å². The van der Waals surface area contributed by atoms with Crippen molar-refractivity contribution in [3.05, 3.63) is 35.4 Å². The van der Waals surface area contributed by atoms with E-state index in [-0.39, 0.29) is 13.2 Å². The van der Waals surface area contributed by atoms with Crippen molar-refractivity contribution in [3.63, 3.8) is 0 Å². The number of benzene rings is 1. The Bertz CT molecular complexity index is 336. The molecule has 0 saturated heterocycles. The van der Waals surface area contributed by atoms with Crippen molar-refractivity contribution in [2.75, 3.05) is 13.2 Å². The summed E-state index contributed by atoms with van der Waals surface area (Å²) in [6.07, 6.45) is 5.54. The van der Waals surface area contributed by atoms with Crippen molar-refractivity contribution in [2.24, 2.45) is 0 Å². The van der Waals surface area contributed by atoms with E-state index >= 15 is 0 Å². The molecule has 2 N–H and O–H groups in total. The highest BCUT2D eigenvalue weighted by Gasteiger charge is 1.80. The lowest BCUT2D eigenvalue weighted by atomic mass is 10.2. The molecule has 0 saturated carbocycles. The smallest absolute Gasteiger partial charge is 0.180 e. The minimum Gasteiger partial charge on any atom is -0.394 e. The van der Waals surface area contributed by atoms with Gasteiger partial charge in [0.15, 0.2) is 4.30 Å². The molecular formula is C19H34Cl3NO2. The Balaban J connectivity index is -0.000000117. The Labute approximate surface area is 169 Å². The highest BCUT2D eigenvalue weighted by atomic mass is 35.6. The first kappa shape index (κ1) is 32.2. The molecule has 0 aliphatic carbocycles. The van der Waals surface area contributed by atoms with Crippen LogP contribution in [-0.4, -0.2) is 27.7 Å². The zero-order chi connectivity index (χ0) is 20.5. The van der Waals surface area contributed by atoms with Crippen molar-refractivity contribution in [1.29, 1.82) is 5.26 Å². The fraction of sp³-hybridized carbons (Fsp3) is 0.632. The lowest BCUT2D eigenvalue weighted by molar-refractivity contribution is 0.186.